The van der Waals surface area contributed by atoms with E-state index in [-0.39, 0.29) is 5.91 Å². The van der Waals surface area contributed by atoms with Crippen LogP contribution in [0.2, 0.25) is 0 Å². The van der Waals surface area contributed by atoms with Gasteiger partial charge >= 0.3 is 0 Å². The van der Waals surface area contributed by atoms with Gasteiger partial charge in [0.25, 0.3) is 5.91 Å². The Bertz CT molecular complexity index is 1120. The van der Waals surface area contributed by atoms with Crippen molar-refractivity contribution in [1.82, 2.24) is 20.1 Å². The van der Waals surface area contributed by atoms with Gasteiger partial charge in [-0.15, -0.1) is 0 Å². The number of carbonyl (C=O) groups is 1. The van der Waals surface area contributed by atoms with E-state index in [0.29, 0.717) is 55.2 Å². The molecule has 4 aromatic rings. The van der Waals surface area contributed by atoms with Crippen molar-refractivity contribution >= 4 is 16.9 Å². The molecule has 0 saturated carbocycles. The molecule has 0 radical (unpaired) electrons. The van der Waals surface area contributed by atoms with E-state index >= 15 is 0 Å². The molecule has 0 bridgehead atoms. The molecule has 0 aliphatic rings. The van der Waals surface area contributed by atoms with Gasteiger partial charge in [-0.2, -0.15) is 5.10 Å². The van der Waals surface area contributed by atoms with Crippen LogP contribution in [0.3, 0.4) is 0 Å². The molecule has 0 saturated heterocycles. The van der Waals surface area contributed by atoms with Gasteiger partial charge in [-0.05, 0) is 18.2 Å². The standard InChI is InChI=1S/C23H24N4O4/c1-29-12-13-30-11-9-24-23(28)19-14-21(17-6-3-2-4-7-17)26-22-20(19)15-25-27(22)16-18-8-5-10-31-18/h2-8,10,14-15H,9,11-13,16H2,1H3,(H,24,28). The van der Waals surface area contributed by atoms with E-state index in [1.54, 1.807) is 30.3 Å². The normalized spacial score (nSPS) is 11.1. The van der Waals surface area contributed by atoms with Crippen LogP contribution in [0.1, 0.15) is 16.1 Å². The van der Waals surface area contributed by atoms with Gasteiger partial charge in [0.15, 0.2) is 5.65 Å². The Balaban J connectivity index is 1.63. The van der Waals surface area contributed by atoms with E-state index in [9.17, 15) is 4.79 Å². The monoisotopic (exact) mass is 420 g/mol. The van der Waals surface area contributed by atoms with Crippen LogP contribution in [0.5, 0.6) is 0 Å². The van der Waals surface area contributed by atoms with Gasteiger partial charge < -0.3 is 19.2 Å². The van der Waals surface area contributed by atoms with Crippen LogP contribution in [-0.2, 0) is 16.0 Å². The molecular formula is C23H24N4O4. The third-order valence-corrected chi connectivity index (χ3v) is 4.77. The molecule has 0 aliphatic carbocycles. The summed E-state index contributed by atoms with van der Waals surface area (Å²) in [6, 6.07) is 15.3. The molecule has 8 nitrogen and oxygen atoms in total. The van der Waals surface area contributed by atoms with Gasteiger partial charge in [-0.25, -0.2) is 9.67 Å². The Labute approximate surface area is 179 Å². The molecular weight excluding hydrogens is 396 g/mol. The van der Waals surface area contributed by atoms with Crippen molar-refractivity contribution in [2.24, 2.45) is 0 Å². The van der Waals surface area contributed by atoms with E-state index in [2.05, 4.69) is 10.4 Å². The zero-order chi connectivity index (χ0) is 21.5. The number of rotatable bonds is 10. The molecule has 0 spiro atoms. The summed E-state index contributed by atoms with van der Waals surface area (Å²) >= 11 is 0. The fourth-order valence-corrected chi connectivity index (χ4v) is 3.23. The van der Waals surface area contributed by atoms with Crippen LogP contribution in [0.15, 0.2) is 65.4 Å². The van der Waals surface area contributed by atoms with Crippen LogP contribution in [-0.4, -0.2) is 54.1 Å². The number of pyridine rings is 1. The lowest BCUT2D eigenvalue weighted by atomic mass is 10.1. The first-order chi connectivity index (χ1) is 15.3. The zero-order valence-electron chi connectivity index (χ0n) is 17.3. The first-order valence-corrected chi connectivity index (χ1v) is 10.1. The third kappa shape index (κ3) is 4.99. The quantitative estimate of drug-likeness (QED) is 0.396. The lowest BCUT2D eigenvalue weighted by Gasteiger charge is -2.10. The minimum atomic E-state index is -0.197. The number of fused-ring (bicyclic) bond motifs is 1. The van der Waals surface area contributed by atoms with E-state index in [1.165, 1.54) is 0 Å². The molecule has 31 heavy (non-hydrogen) atoms. The van der Waals surface area contributed by atoms with Gasteiger partial charge in [-0.1, -0.05) is 30.3 Å². The second-order valence-electron chi connectivity index (χ2n) is 6.90. The molecule has 1 aromatic carbocycles. The Morgan fingerprint density at radius 2 is 2.00 bits per heavy atom. The number of hydrogen-bond donors (Lipinski definition) is 1. The Morgan fingerprint density at radius 1 is 1.13 bits per heavy atom. The van der Waals surface area contributed by atoms with E-state index in [1.807, 2.05) is 42.5 Å². The highest BCUT2D eigenvalue weighted by atomic mass is 16.5. The Morgan fingerprint density at radius 3 is 2.77 bits per heavy atom. The maximum absolute atomic E-state index is 13.0. The lowest BCUT2D eigenvalue weighted by Crippen LogP contribution is -2.28. The second-order valence-corrected chi connectivity index (χ2v) is 6.90. The highest BCUT2D eigenvalue weighted by Gasteiger charge is 2.18. The van der Waals surface area contributed by atoms with Crippen molar-refractivity contribution in [1.29, 1.82) is 0 Å². The largest absolute Gasteiger partial charge is 0.467 e. The van der Waals surface area contributed by atoms with Gasteiger partial charge in [0.05, 0.1) is 48.9 Å². The van der Waals surface area contributed by atoms with Crippen LogP contribution >= 0.6 is 0 Å². The SMILES string of the molecule is COCCOCCNC(=O)c1cc(-c2ccccc2)nc2c1cnn2Cc1ccco1. The van der Waals surface area contributed by atoms with Crippen LogP contribution in [0, 0.1) is 0 Å². The summed E-state index contributed by atoms with van der Waals surface area (Å²) in [6.07, 6.45) is 3.29. The molecule has 3 heterocycles. The molecule has 0 fully saturated rings. The molecule has 3 aromatic heterocycles. The first kappa shape index (κ1) is 20.8. The van der Waals surface area contributed by atoms with E-state index < -0.39 is 0 Å². The van der Waals surface area contributed by atoms with Crippen LogP contribution in [0.4, 0.5) is 0 Å². The van der Waals surface area contributed by atoms with Crippen LogP contribution in [0.25, 0.3) is 22.3 Å². The summed E-state index contributed by atoms with van der Waals surface area (Å²) in [5.41, 5.74) is 2.77. The van der Waals surface area contributed by atoms with Crippen molar-refractivity contribution in [2.75, 3.05) is 33.5 Å². The van der Waals surface area contributed by atoms with Gasteiger partial charge in [0.2, 0.25) is 0 Å². The summed E-state index contributed by atoms with van der Waals surface area (Å²) in [6.45, 7) is 2.24. The van der Waals surface area contributed by atoms with Crippen LogP contribution < -0.4 is 5.32 Å². The smallest absolute Gasteiger partial charge is 0.252 e. The maximum Gasteiger partial charge on any atom is 0.252 e. The predicted octanol–water partition coefficient (Wildman–Crippen LogP) is 3.13. The molecule has 0 aliphatic heterocycles. The first-order valence-electron chi connectivity index (χ1n) is 10.1. The molecule has 1 amide bonds. The zero-order valence-corrected chi connectivity index (χ0v) is 17.3. The molecule has 4 rings (SSSR count). The highest BCUT2D eigenvalue weighted by Crippen LogP contribution is 2.25. The third-order valence-electron chi connectivity index (χ3n) is 4.77. The number of nitrogens with one attached hydrogen (secondary N) is 1. The number of nitrogens with zero attached hydrogens (tertiary/aromatic N) is 3. The highest BCUT2D eigenvalue weighted by molar-refractivity contribution is 6.06. The van der Waals surface area contributed by atoms with Gasteiger partial charge in [0.1, 0.15) is 12.3 Å². The summed E-state index contributed by atoms with van der Waals surface area (Å²) in [5, 5.41) is 8.05. The minimum Gasteiger partial charge on any atom is -0.467 e. The molecule has 160 valence electrons. The number of benzene rings is 1. The Hall–Kier alpha value is -3.49. The number of methoxy groups -OCH3 is 1. The Kier molecular flexibility index (Phi) is 6.71. The minimum absolute atomic E-state index is 0.197. The number of amides is 1. The molecule has 1 N–H and O–H groups in total. The summed E-state index contributed by atoms with van der Waals surface area (Å²) in [4.78, 5) is 17.8. The van der Waals surface area contributed by atoms with Crippen molar-refractivity contribution in [3.05, 3.63) is 72.3 Å². The van der Waals surface area contributed by atoms with E-state index in [0.717, 1.165) is 11.3 Å². The lowest BCUT2D eigenvalue weighted by molar-refractivity contribution is 0.0693. The van der Waals surface area contributed by atoms with Gasteiger partial charge in [0, 0.05) is 19.2 Å². The average Bonchev–Trinajstić information content (AvgIpc) is 3.46. The molecule has 8 heteroatoms. The van der Waals surface area contributed by atoms with E-state index in [4.69, 9.17) is 18.9 Å². The topological polar surface area (TPSA) is 91.4 Å². The summed E-state index contributed by atoms with van der Waals surface area (Å²) in [5.74, 6) is 0.564. The average molecular weight is 420 g/mol. The summed E-state index contributed by atoms with van der Waals surface area (Å²) in [7, 11) is 1.62. The fourth-order valence-electron chi connectivity index (χ4n) is 3.23. The van der Waals surface area contributed by atoms with Crippen molar-refractivity contribution in [3.8, 4) is 11.3 Å². The number of hydrogen-bond acceptors (Lipinski definition) is 6. The molecule has 0 atom stereocenters. The number of furan rings is 1. The van der Waals surface area contributed by atoms with Crippen molar-refractivity contribution < 1.29 is 18.7 Å². The molecule has 0 unspecified atom stereocenters. The summed E-state index contributed by atoms with van der Waals surface area (Å²) < 4.78 is 17.6. The number of carbonyl (C=O) groups excluding carboxylic acids is 1. The maximum atomic E-state index is 13.0. The fraction of sp³-hybridized carbons (Fsp3) is 0.261. The second kappa shape index (κ2) is 10.0. The predicted molar refractivity (Wildman–Crippen MR) is 116 cm³/mol. The van der Waals surface area contributed by atoms with Crippen molar-refractivity contribution in [2.45, 2.75) is 6.54 Å². The number of ether oxygens (including phenoxy) is 2. The number of aromatic nitrogens is 3. The van der Waals surface area contributed by atoms with Gasteiger partial charge in [-0.3, -0.25) is 4.79 Å². The van der Waals surface area contributed by atoms with Crippen molar-refractivity contribution in [3.63, 3.8) is 0 Å².